The van der Waals surface area contributed by atoms with Gasteiger partial charge in [-0.3, -0.25) is 0 Å². The summed E-state index contributed by atoms with van der Waals surface area (Å²) in [6, 6.07) is 4.07. The summed E-state index contributed by atoms with van der Waals surface area (Å²) in [4.78, 5) is -1.13. The van der Waals surface area contributed by atoms with Crippen LogP contribution in [-0.4, -0.2) is 71.4 Å². The minimum atomic E-state index is -4.60. The number of halogens is 6. The van der Waals surface area contributed by atoms with Crippen LogP contribution in [0.3, 0.4) is 0 Å². The Hall–Kier alpha value is 1.48. The third kappa shape index (κ3) is 8.63. The average Bonchev–Trinajstić information content (AvgIpc) is 2.45. The predicted molar refractivity (Wildman–Crippen MR) is 105 cm³/mol. The van der Waals surface area contributed by atoms with Gasteiger partial charge in [0.25, 0.3) is 0 Å². The van der Waals surface area contributed by atoms with Crippen molar-refractivity contribution in [1.82, 2.24) is 0 Å². The standard InChI is InChI=1S/2C6H3Cl3O3S.Sr/c2*7-3-1-5(9)6(2-4(3)8)13(10,11)12;/h2*1-2H,(H,10,11,12);/q;;+2/p-2. The second-order valence-electron chi connectivity index (χ2n) is 4.30. The van der Waals surface area contributed by atoms with Crippen LogP contribution >= 0.6 is 69.6 Å². The third-order valence-electron chi connectivity index (χ3n) is 2.49. The molecule has 0 fully saturated rings. The Labute approximate surface area is 222 Å². The van der Waals surface area contributed by atoms with Crippen LogP contribution in [0.25, 0.3) is 0 Å². The van der Waals surface area contributed by atoms with Crippen molar-refractivity contribution in [2.45, 2.75) is 9.79 Å². The number of benzene rings is 2. The van der Waals surface area contributed by atoms with Crippen LogP contribution in [0.2, 0.25) is 30.1 Å². The van der Waals surface area contributed by atoms with Crippen LogP contribution < -0.4 is 0 Å². The van der Waals surface area contributed by atoms with Crippen molar-refractivity contribution < 1.29 is 25.9 Å². The summed E-state index contributed by atoms with van der Waals surface area (Å²) < 4.78 is 63.5. The Morgan fingerprint density at radius 2 is 0.741 bits per heavy atom. The molecular weight excluding hydrogens is 605 g/mol. The zero-order chi connectivity index (χ0) is 20.4. The van der Waals surface area contributed by atoms with Gasteiger partial charge in [0.2, 0.25) is 0 Å². The van der Waals surface area contributed by atoms with Crippen molar-refractivity contribution in [2.24, 2.45) is 0 Å². The van der Waals surface area contributed by atoms with Gasteiger partial charge < -0.3 is 9.11 Å². The molecule has 0 aliphatic heterocycles. The number of hydrogen-bond acceptors (Lipinski definition) is 6. The molecule has 0 saturated heterocycles. The second kappa shape index (κ2) is 11.2. The van der Waals surface area contributed by atoms with Crippen molar-refractivity contribution in [3.63, 3.8) is 0 Å². The number of rotatable bonds is 2. The molecule has 0 bridgehead atoms. The maximum absolute atomic E-state index is 10.6. The van der Waals surface area contributed by atoms with Crippen molar-refractivity contribution in [2.75, 3.05) is 0 Å². The zero-order valence-electron chi connectivity index (χ0n) is 12.6. The predicted octanol–water partition coefficient (Wildman–Crippen LogP) is 4.72. The van der Waals surface area contributed by atoms with E-state index in [0.29, 0.717) is 0 Å². The van der Waals surface area contributed by atoms with E-state index in [1.807, 2.05) is 0 Å². The van der Waals surface area contributed by atoms with Crippen LogP contribution in [-0.2, 0) is 20.2 Å². The topological polar surface area (TPSA) is 114 Å². The minimum absolute atomic E-state index is 0. The molecule has 0 aliphatic rings. The van der Waals surface area contributed by atoms with Gasteiger partial charge in [-0.2, -0.15) is 0 Å². The Bertz CT molecular complexity index is 973. The van der Waals surface area contributed by atoms with E-state index in [-0.39, 0.29) is 75.6 Å². The first kappa shape index (κ1) is 28.5. The van der Waals surface area contributed by atoms with Gasteiger partial charge in [-0.1, -0.05) is 69.6 Å². The van der Waals surface area contributed by atoms with E-state index in [4.69, 9.17) is 69.6 Å². The summed E-state index contributed by atoms with van der Waals surface area (Å²) in [6.07, 6.45) is 0. The Balaban J connectivity index is 0.000000483. The molecule has 0 aromatic heterocycles. The Morgan fingerprint density at radius 3 is 0.963 bits per heavy atom. The fourth-order valence-electron chi connectivity index (χ4n) is 1.39. The molecule has 0 aliphatic carbocycles. The van der Waals surface area contributed by atoms with Gasteiger partial charge in [0.05, 0.1) is 39.9 Å². The van der Waals surface area contributed by atoms with Gasteiger partial charge in [-0.15, -0.1) is 0 Å². The molecular formula is C12H4Cl6O6S2Sr. The van der Waals surface area contributed by atoms with Gasteiger partial charge in [-0.05, 0) is 24.3 Å². The van der Waals surface area contributed by atoms with Gasteiger partial charge >= 0.3 is 45.5 Å². The zero-order valence-corrected chi connectivity index (χ0v) is 22.2. The van der Waals surface area contributed by atoms with E-state index in [2.05, 4.69) is 0 Å². The van der Waals surface area contributed by atoms with Crippen LogP contribution in [0.1, 0.15) is 0 Å². The molecule has 15 heteroatoms. The monoisotopic (exact) mass is 606 g/mol. The minimum Gasteiger partial charge on any atom is -0.744 e. The molecule has 2 aromatic carbocycles. The van der Waals surface area contributed by atoms with E-state index >= 15 is 0 Å². The fourth-order valence-corrected chi connectivity index (χ4v) is 4.30. The van der Waals surface area contributed by atoms with Gasteiger partial charge in [0, 0.05) is 0 Å². The van der Waals surface area contributed by atoms with Gasteiger partial charge in [0.15, 0.2) is 0 Å². The molecule has 6 nitrogen and oxygen atoms in total. The first-order chi connectivity index (χ1) is 11.6. The molecule has 27 heavy (non-hydrogen) atoms. The summed E-state index contributed by atoms with van der Waals surface area (Å²) in [6.45, 7) is 0. The molecule has 0 heterocycles. The fraction of sp³-hybridized carbons (Fsp3) is 0. The van der Waals surface area contributed by atoms with Crippen LogP contribution in [0.4, 0.5) is 0 Å². The maximum atomic E-state index is 10.6. The van der Waals surface area contributed by atoms with E-state index in [0.717, 1.165) is 24.3 Å². The van der Waals surface area contributed by atoms with E-state index < -0.39 is 30.0 Å². The first-order valence-electron chi connectivity index (χ1n) is 5.85. The van der Waals surface area contributed by atoms with Gasteiger partial charge in [0.1, 0.15) is 20.2 Å². The average molecular weight is 609 g/mol. The quantitative estimate of drug-likeness (QED) is 0.277. The number of hydrogen-bond donors (Lipinski definition) is 0. The summed E-state index contributed by atoms with van der Waals surface area (Å²) >= 11 is 33.0. The molecule has 144 valence electrons. The molecule has 2 aromatic rings. The van der Waals surface area contributed by atoms with E-state index in [9.17, 15) is 25.9 Å². The normalized spacial score (nSPS) is 11.3. The SMILES string of the molecule is O=S(=O)([O-])c1cc(Cl)c(Cl)cc1Cl.O=S(=O)([O-])c1cc(Cl)c(Cl)cc1Cl.[Sr+2]. The first-order valence-corrected chi connectivity index (χ1v) is 10.9. The Morgan fingerprint density at radius 1 is 0.519 bits per heavy atom. The van der Waals surface area contributed by atoms with Crippen molar-refractivity contribution in [1.29, 1.82) is 0 Å². The summed E-state index contributed by atoms with van der Waals surface area (Å²) in [7, 11) is -9.20. The smallest absolute Gasteiger partial charge is 0.744 e. The van der Waals surface area contributed by atoms with Gasteiger partial charge in [-0.25, -0.2) is 16.8 Å². The molecule has 0 N–H and O–H groups in total. The van der Waals surface area contributed by atoms with E-state index in [1.54, 1.807) is 0 Å². The molecule has 0 spiro atoms. The second-order valence-corrected chi connectivity index (χ2v) is 9.44. The van der Waals surface area contributed by atoms with Crippen LogP contribution in [0, 0.1) is 0 Å². The summed E-state index contributed by atoms with van der Waals surface area (Å²) in [5.41, 5.74) is 0. The third-order valence-corrected chi connectivity index (χ3v) is 6.53. The van der Waals surface area contributed by atoms with E-state index in [1.165, 1.54) is 0 Å². The van der Waals surface area contributed by atoms with Crippen LogP contribution in [0.15, 0.2) is 34.1 Å². The largest absolute Gasteiger partial charge is 2.00 e. The maximum Gasteiger partial charge on any atom is 2.00 e. The molecule has 0 unspecified atom stereocenters. The molecule has 0 atom stereocenters. The molecule has 0 saturated carbocycles. The summed E-state index contributed by atoms with van der Waals surface area (Å²) in [5, 5.41) is -0.326. The molecule has 0 amide bonds. The Kier molecular flexibility index (Phi) is 11.8. The summed E-state index contributed by atoms with van der Waals surface area (Å²) in [5.74, 6) is 0. The van der Waals surface area contributed by atoms with Crippen molar-refractivity contribution >= 4 is 135 Å². The van der Waals surface area contributed by atoms with Crippen molar-refractivity contribution in [3.05, 3.63) is 54.4 Å². The van der Waals surface area contributed by atoms with Crippen molar-refractivity contribution in [3.8, 4) is 0 Å². The van der Waals surface area contributed by atoms with Crippen LogP contribution in [0.5, 0.6) is 0 Å². The molecule has 0 radical (unpaired) electrons. The molecule has 2 rings (SSSR count).